The highest BCUT2D eigenvalue weighted by atomic mass is 32.2. The van der Waals surface area contributed by atoms with Crippen LogP contribution in [0.4, 0.5) is 0 Å². The molecular formula is C20H18OS. The first kappa shape index (κ1) is 14.9. The van der Waals surface area contributed by atoms with E-state index in [1.54, 1.807) is 0 Å². The summed E-state index contributed by atoms with van der Waals surface area (Å²) in [5.41, 5.74) is 2.27. The van der Waals surface area contributed by atoms with E-state index in [0.717, 1.165) is 11.3 Å². The molecule has 3 aromatic carbocycles. The lowest BCUT2D eigenvalue weighted by Crippen LogP contribution is -2.05. The second kappa shape index (κ2) is 6.80. The van der Waals surface area contributed by atoms with Crippen molar-refractivity contribution in [1.29, 1.82) is 0 Å². The molecule has 0 saturated heterocycles. The first-order chi connectivity index (χ1) is 10.7. The molecule has 0 aliphatic heterocycles. The summed E-state index contributed by atoms with van der Waals surface area (Å²) < 4.78 is 0. The van der Waals surface area contributed by atoms with E-state index in [9.17, 15) is 4.79 Å². The second-order valence-electron chi connectivity index (χ2n) is 5.42. The fourth-order valence-electron chi connectivity index (χ4n) is 2.47. The molecule has 0 saturated carbocycles. The van der Waals surface area contributed by atoms with E-state index in [1.165, 1.54) is 28.1 Å². The van der Waals surface area contributed by atoms with Crippen LogP contribution >= 0.6 is 11.8 Å². The number of carbonyl (C=O) groups is 1. The second-order valence-corrected chi connectivity index (χ2v) is 6.40. The fourth-order valence-corrected chi connectivity index (χ4v) is 3.35. The van der Waals surface area contributed by atoms with Gasteiger partial charge in [0.25, 0.3) is 0 Å². The largest absolute Gasteiger partial charge is 0.287 e. The summed E-state index contributed by atoms with van der Waals surface area (Å²) in [4.78, 5) is 12.4. The number of hydrogen-bond donors (Lipinski definition) is 0. The molecule has 110 valence electrons. The zero-order valence-electron chi connectivity index (χ0n) is 12.5. The Bertz CT molecular complexity index is 780. The summed E-state index contributed by atoms with van der Waals surface area (Å²) in [5, 5.41) is 2.62. The number of carbonyl (C=O) groups excluding carboxylic acids is 1. The van der Waals surface area contributed by atoms with E-state index in [2.05, 4.69) is 42.5 Å². The fraction of sp³-hybridized carbons (Fsp3) is 0.150. The molecule has 22 heavy (non-hydrogen) atoms. The number of benzene rings is 3. The van der Waals surface area contributed by atoms with E-state index in [-0.39, 0.29) is 11.0 Å². The van der Waals surface area contributed by atoms with E-state index in [1.807, 2.05) is 37.3 Å². The van der Waals surface area contributed by atoms with E-state index >= 15 is 0 Å². The summed E-state index contributed by atoms with van der Waals surface area (Å²) in [6.07, 6.45) is 0. The maximum absolute atomic E-state index is 12.4. The quantitative estimate of drug-likeness (QED) is 0.641. The smallest absolute Gasteiger partial charge is 0.196 e. The predicted molar refractivity (Wildman–Crippen MR) is 95.1 cm³/mol. The first-order valence-corrected chi connectivity index (χ1v) is 8.42. The van der Waals surface area contributed by atoms with Crippen LogP contribution in [-0.4, -0.2) is 5.12 Å². The monoisotopic (exact) mass is 306 g/mol. The molecule has 0 fully saturated rings. The van der Waals surface area contributed by atoms with Crippen molar-refractivity contribution in [3.05, 3.63) is 83.9 Å². The molecule has 0 aromatic heterocycles. The lowest BCUT2D eigenvalue weighted by atomic mass is 9.99. The molecule has 3 aromatic rings. The Balaban J connectivity index is 1.71. The Morgan fingerprint density at radius 1 is 0.909 bits per heavy atom. The molecular weight excluding hydrogens is 288 g/mol. The summed E-state index contributed by atoms with van der Waals surface area (Å²) in [7, 11) is 0. The van der Waals surface area contributed by atoms with Gasteiger partial charge in [0.1, 0.15) is 0 Å². The Hall–Kier alpha value is -2.06. The topological polar surface area (TPSA) is 17.1 Å². The van der Waals surface area contributed by atoms with Gasteiger partial charge in [0.05, 0.1) is 5.92 Å². The van der Waals surface area contributed by atoms with Crippen LogP contribution in [0.15, 0.2) is 72.8 Å². The van der Waals surface area contributed by atoms with Crippen molar-refractivity contribution in [3.63, 3.8) is 0 Å². The Kier molecular flexibility index (Phi) is 4.59. The van der Waals surface area contributed by atoms with Crippen LogP contribution in [0.5, 0.6) is 0 Å². The third-order valence-corrected chi connectivity index (χ3v) is 4.97. The summed E-state index contributed by atoms with van der Waals surface area (Å²) in [5.74, 6) is 0.649. The van der Waals surface area contributed by atoms with Crippen molar-refractivity contribution in [3.8, 4) is 0 Å². The Morgan fingerprint density at radius 3 is 2.36 bits per heavy atom. The molecule has 0 bridgehead atoms. The highest BCUT2D eigenvalue weighted by molar-refractivity contribution is 8.13. The van der Waals surface area contributed by atoms with Crippen LogP contribution in [-0.2, 0) is 10.5 Å². The molecule has 1 atom stereocenters. The van der Waals surface area contributed by atoms with Crippen LogP contribution in [0, 0.1) is 0 Å². The summed E-state index contributed by atoms with van der Waals surface area (Å²) in [6.45, 7) is 1.99. The van der Waals surface area contributed by atoms with Crippen molar-refractivity contribution in [1.82, 2.24) is 0 Å². The van der Waals surface area contributed by atoms with Gasteiger partial charge in [0, 0.05) is 5.75 Å². The number of thioether (sulfide) groups is 1. The van der Waals surface area contributed by atoms with E-state index in [0.29, 0.717) is 0 Å². The predicted octanol–water partition coefficient (Wildman–Crippen LogP) is 5.40. The van der Waals surface area contributed by atoms with Gasteiger partial charge in [0.15, 0.2) is 5.12 Å². The Labute approximate surface area is 135 Å². The minimum atomic E-state index is -0.0849. The molecule has 0 unspecified atom stereocenters. The lowest BCUT2D eigenvalue weighted by molar-refractivity contribution is -0.111. The average Bonchev–Trinajstić information content (AvgIpc) is 2.59. The third kappa shape index (κ3) is 3.40. The molecule has 0 heterocycles. The molecule has 0 amide bonds. The van der Waals surface area contributed by atoms with E-state index < -0.39 is 0 Å². The molecule has 0 aliphatic rings. The van der Waals surface area contributed by atoms with Crippen LogP contribution in [0.25, 0.3) is 10.8 Å². The normalized spacial score (nSPS) is 12.2. The van der Waals surface area contributed by atoms with Gasteiger partial charge in [0.2, 0.25) is 0 Å². The Morgan fingerprint density at radius 2 is 1.59 bits per heavy atom. The zero-order valence-corrected chi connectivity index (χ0v) is 13.3. The van der Waals surface area contributed by atoms with Crippen molar-refractivity contribution < 1.29 is 4.79 Å². The summed E-state index contributed by atoms with van der Waals surface area (Å²) >= 11 is 1.40. The van der Waals surface area contributed by atoms with Gasteiger partial charge in [-0.15, -0.1) is 0 Å². The lowest BCUT2D eigenvalue weighted by Gasteiger charge is -2.11. The van der Waals surface area contributed by atoms with Gasteiger partial charge in [-0.2, -0.15) is 0 Å². The van der Waals surface area contributed by atoms with Gasteiger partial charge in [-0.1, -0.05) is 91.5 Å². The van der Waals surface area contributed by atoms with E-state index in [4.69, 9.17) is 0 Å². The minimum absolute atomic E-state index is 0.0849. The molecule has 0 aliphatic carbocycles. The molecule has 3 rings (SSSR count). The van der Waals surface area contributed by atoms with Crippen molar-refractivity contribution in [2.75, 3.05) is 0 Å². The summed E-state index contributed by atoms with van der Waals surface area (Å²) in [6, 6.07) is 24.7. The zero-order chi connectivity index (χ0) is 15.4. The minimum Gasteiger partial charge on any atom is -0.287 e. The molecule has 2 heteroatoms. The highest BCUT2D eigenvalue weighted by Gasteiger charge is 2.16. The van der Waals surface area contributed by atoms with Gasteiger partial charge >= 0.3 is 0 Å². The highest BCUT2D eigenvalue weighted by Crippen LogP contribution is 2.27. The van der Waals surface area contributed by atoms with Gasteiger partial charge < -0.3 is 0 Å². The average molecular weight is 306 g/mol. The van der Waals surface area contributed by atoms with Crippen molar-refractivity contribution in [2.45, 2.75) is 18.6 Å². The van der Waals surface area contributed by atoms with Crippen LogP contribution in [0.2, 0.25) is 0 Å². The van der Waals surface area contributed by atoms with Gasteiger partial charge in [-0.25, -0.2) is 0 Å². The molecule has 0 spiro atoms. The molecule has 0 radical (unpaired) electrons. The maximum Gasteiger partial charge on any atom is 0.196 e. The number of fused-ring (bicyclic) bond motifs is 1. The SMILES string of the molecule is C[C@@H](C(=O)SCc1ccccc1)c1ccc2ccccc2c1. The first-order valence-electron chi connectivity index (χ1n) is 7.43. The standard InChI is InChI=1S/C20H18OS/c1-15(20(21)22-14-16-7-3-2-4-8-16)18-12-11-17-9-5-6-10-19(17)13-18/h2-13,15H,14H2,1H3/t15-/m1/s1. The number of rotatable bonds is 4. The van der Waals surface area contributed by atoms with Crippen LogP contribution < -0.4 is 0 Å². The maximum atomic E-state index is 12.4. The third-order valence-electron chi connectivity index (χ3n) is 3.85. The molecule has 1 nitrogen and oxygen atoms in total. The van der Waals surface area contributed by atoms with Gasteiger partial charge in [-0.3, -0.25) is 4.79 Å². The van der Waals surface area contributed by atoms with Crippen LogP contribution in [0.3, 0.4) is 0 Å². The molecule has 0 N–H and O–H groups in total. The van der Waals surface area contributed by atoms with Crippen molar-refractivity contribution in [2.24, 2.45) is 0 Å². The number of hydrogen-bond acceptors (Lipinski definition) is 2. The van der Waals surface area contributed by atoms with Gasteiger partial charge in [-0.05, 0) is 21.9 Å². The van der Waals surface area contributed by atoms with Crippen LogP contribution in [0.1, 0.15) is 24.0 Å². The van der Waals surface area contributed by atoms with Crippen molar-refractivity contribution >= 4 is 27.6 Å².